The number of ether oxygens (including phenoxy) is 1. The van der Waals surface area contributed by atoms with Crippen LogP contribution in [0, 0.1) is 23.2 Å². The molecule has 0 radical (unpaired) electrons. The van der Waals surface area contributed by atoms with E-state index in [1.165, 1.54) is 0 Å². The Morgan fingerprint density at radius 1 is 0.956 bits per heavy atom. The molecule has 3 heterocycles. The van der Waals surface area contributed by atoms with Crippen LogP contribution >= 0.6 is 0 Å². The lowest BCUT2D eigenvalue weighted by atomic mass is 9.94. The van der Waals surface area contributed by atoms with E-state index in [0.29, 0.717) is 24.2 Å². The summed E-state index contributed by atoms with van der Waals surface area (Å²) in [6.45, 7) is 5.91. The quantitative estimate of drug-likeness (QED) is 0.158. The van der Waals surface area contributed by atoms with Gasteiger partial charge in [-0.2, -0.15) is 30.7 Å². The normalized spacial score (nSPS) is 18.4. The van der Waals surface area contributed by atoms with E-state index >= 15 is 0 Å². The van der Waals surface area contributed by atoms with E-state index in [2.05, 4.69) is 51.8 Å². The van der Waals surface area contributed by atoms with Crippen molar-refractivity contribution in [1.29, 1.82) is 5.26 Å². The Labute approximate surface area is 258 Å². The zero-order valence-electron chi connectivity index (χ0n) is 24.8. The largest absolute Gasteiger partial charge is 0.476 e. The summed E-state index contributed by atoms with van der Waals surface area (Å²) in [5.74, 6) is -0.300. The highest BCUT2D eigenvalue weighted by atomic mass is 16.5. The number of rotatable bonds is 9. The number of hydrogen-bond donors (Lipinski definition) is 4. The Bertz CT molecular complexity index is 1770. The van der Waals surface area contributed by atoms with Crippen molar-refractivity contribution in [3.63, 3.8) is 0 Å². The number of aromatic nitrogens is 2. The lowest BCUT2D eigenvalue weighted by Gasteiger charge is -2.19. The first-order valence-electron chi connectivity index (χ1n) is 14.2. The van der Waals surface area contributed by atoms with Crippen molar-refractivity contribution in [2.24, 2.45) is 37.4 Å². The number of anilines is 2. The predicted molar refractivity (Wildman–Crippen MR) is 167 cm³/mol. The highest BCUT2D eigenvalue weighted by Gasteiger charge is 2.23. The minimum atomic E-state index is -0.130. The van der Waals surface area contributed by atoms with Gasteiger partial charge in [-0.3, -0.25) is 15.0 Å². The Balaban J connectivity index is 1.32. The molecule has 0 spiro atoms. The maximum absolute atomic E-state index is 11.6. The maximum atomic E-state index is 11.6. The number of nitriles is 1. The third kappa shape index (κ3) is 7.13. The van der Waals surface area contributed by atoms with Gasteiger partial charge in [0.2, 0.25) is 23.4 Å². The molecule has 0 bridgehead atoms. The molecule has 2 unspecified atom stereocenters. The molecule has 0 saturated carbocycles. The summed E-state index contributed by atoms with van der Waals surface area (Å²) in [6.07, 6.45) is 0.740. The molecule has 2 aromatic carbocycles. The van der Waals surface area contributed by atoms with Crippen LogP contribution in [0.5, 0.6) is 5.88 Å². The number of hydrazone groups is 3. The summed E-state index contributed by atoms with van der Waals surface area (Å²) in [6, 6.07) is 16.4. The smallest absolute Gasteiger partial charge is 0.247 e. The fraction of sp³-hybridized carbons (Fsp3) is 0.267. The van der Waals surface area contributed by atoms with Gasteiger partial charge in [-0.25, -0.2) is 15.8 Å². The first-order chi connectivity index (χ1) is 21.7. The molecule has 5 N–H and O–H groups in total. The van der Waals surface area contributed by atoms with E-state index in [4.69, 9.17) is 10.5 Å². The molecule has 1 aromatic heterocycles. The van der Waals surface area contributed by atoms with E-state index < -0.39 is 0 Å². The van der Waals surface area contributed by atoms with Gasteiger partial charge in [-0.15, -0.1) is 5.11 Å². The minimum Gasteiger partial charge on any atom is -0.476 e. The average Bonchev–Trinajstić information content (AvgIpc) is 3.02. The topological polar surface area (TPSA) is 217 Å². The molecule has 2 aliphatic rings. The van der Waals surface area contributed by atoms with Crippen molar-refractivity contribution in [2.75, 3.05) is 17.8 Å². The zero-order valence-corrected chi connectivity index (χ0v) is 24.8. The summed E-state index contributed by atoms with van der Waals surface area (Å²) < 4.78 is 5.65. The second-order valence-corrected chi connectivity index (χ2v) is 10.3. The van der Waals surface area contributed by atoms with Gasteiger partial charge in [0.15, 0.2) is 17.3 Å². The number of benzene rings is 2. The Hall–Kier alpha value is -6.04. The molecule has 228 valence electrons. The average molecular weight is 607 g/mol. The van der Waals surface area contributed by atoms with E-state index in [-0.39, 0.29) is 59.2 Å². The number of amides is 2. The van der Waals surface area contributed by atoms with Crippen molar-refractivity contribution < 1.29 is 14.3 Å². The molecule has 0 fully saturated rings. The number of carbonyl (C=O) groups is 2. The van der Waals surface area contributed by atoms with Crippen LogP contribution in [0.4, 0.5) is 22.9 Å². The molecule has 0 saturated heterocycles. The van der Waals surface area contributed by atoms with Gasteiger partial charge in [0.05, 0.1) is 29.4 Å². The van der Waals surface area contributed by atoms with Crippen LogP contribution in [-0.4, -0.2) is 45.5 Å². The molecule has 0 aliphatic carbocycles. The molecule has 3 aromatic rings. The third-order valence-corrected chi connectivity index (χ3v) is 6.90. The molecule has 5 rings (SSSR count). The summed E-state index contributed by atoms with van der Waals surface area (Å²) >= 11 is 0. The predicted octanol–water partition coefficient (Wildman–Crippen LogP) is 3.93. The highest BCUT2D eigenvalue weighted by molar-refractivity contribution is 6.10. The van der Waals surface area contributed by atoms with Crippen LogP contribution in [0.15, 0.2) is 74.1 Å². The summed E-state index contributed by atoms with van der Waals surface area (Å²) in [7, 11) is 0. The van der Waals surface area contributed by atoms with E-state index in [9.17, 15) is 14.9 Å². The second kappa shape index (κ2) is 13.5. The van der Waals surface area contributed by atoms with Crippen LogP contribution < -0.4 is 26.7 Å². The van der Waals surface area contributed by atoms with Gasteiger partial charge in [-0.1, -0.05) is 38.1 Å². The molecule has 2 amide bonds. The number of nitrogens with one attached hydrogen (secondary N) is 3. The number of nitrogens with two attached hydrogens (primary N) is 1. The van der Waals surface area contributed by atoms with Gasteiger partial charge in [0, 0.05) is 24.7 Å². The zero-order chi connectivity index (χ0) is 31.9. The Kier molecular flexibility index (Phi) is 9.13. The molecule has 45 heavy (non-hydrogen) atoms. The van der Waals surface area contributed by atoms with E-state index in [1.54, 1.807) is 31.2 Å². The van der Waals surface area contributed by atoms with Crippen LogP contribution in [0.1, 0.15) is 50.6 Å². The lowest BCUT2D eigenvalue weighted by Crippen LogP contribution is -2.31. The van der Waals surface area contributed by atoms with Crippen LogP contribution in [0.2, 0.25) is 0 Å². The number of azo groups is 1. The molecule has 2 atom stereocenters. The summed E-state index contributed by atoms with van der Waals surface area (Å²) in [4.78, 5) is 31.7. The number of nitrogen functional groups attached to an aromatic ring is 1. The maximum Gasteiger partial charge on any atom is 0.247 e. The van der Waals surface area contributed by atoms with Crippen LogP contribution in [0.25, 0.3) is 0 Å². The summed E-state index contributed by atoms with van der Waals surface area (Å²) in [5, 5.41) is 30.8. The summed E-state index contributed by atoms with van der Waals surface area (Å²) in [5.41, 5.74) is 18.5. The van der Waals surface area contributed by atoms with Gasteiger partial charge in [0.25, 0.3) is 0 Å². The molecule has 15 nitrogen and oxygen atoms in total. The second-order valence-electron chi connectivity index (χ2n) is 10.3. The first kappa shape index (κ1) is 30.4. The molecular formula is C30H30N12O3. The molecular weight excluding hydrogens is 576 g/mol. The first-order valence-corrected chi connectivity index (χ1v) is 14.2. The monoisotopic (exact) mass is 606 g/mol. The SMILES string of the molecule is CCOc1nc(/C(C#N)=N/Nc2ccc(C3=NNC(=O)CC3C)cc2)nc(N)c1N=Nc1ccc(C2=NNC(=O)CC2C)cc1. The van der Waals surface area contributed by atoms with Gasteiger partial charge in [0.1, 0.15) is 6.07 Å². The number of nitrogens with zero attached hydrogens (tertiary/aromatic N) is 8. The standard InChI is InChI=1S/C30H30N12O3/c1-4-45-30-27(42-36-21-11-7-19(8-12-21)26-17(3)14-24(44)39-41-26)28(32)33-29(34-30)22(15-31)37-35-20-9-5-18(6-10-20)25-16(2)13-23(43)38-40-25/h5-12,16-17,35H,4,13-14H2,1-3H3,(H,38,43)(H,39,44)(H2,32,33,34)/b37-22+,42-36?. The van der Waals surface area contributed by atoms with Gasteiger partial charge < -0.3 is 10.5 Å². The van der Waals surface area contributed by atoms with Crippen LogP contribution in [-0.2, 0) is 9.59 Å². The van der Waals surface area contributed by atoms with Gasteiger partial charge in [-0.05, 0) is 42.3 Å². The fourth-order valence-electron chi connectivity index (χ4n) is 4.66. The highest BCUT2D eigenvalue weighted by Crippen LogP contribution is 2.33. The van der Waals surface area contributed by atoms with Crippen molar-refractivity contribution in [1.82, 2.24) is 20.8 Å². The Morgan fingerprint density at radius 3 is 2.07 bits per heavy atom. The van der Waals surface area contributed by atoms with Crippen molar-refractivity contribution in [2.45, 2.75) is 33.6 Å². The molecule has 2 aliphatic heterocycles. The molecule has 15 heteroatoms. The lowest BCUT2D eigenvalue weighted by molar-refractivity contribution is -0.122. The number of carbonyl (C=O) groups excluding carboxylic acids is 2. The van der Waals surface area contributed by atoms with Crippen molar-refractivity contribution >= 4 is 51.8 Å². The van der Waals surface area contributed by atoms with Crippen molar-refractivity contribution in [3.8, 4) is 11.9 Å². The third-order valence-electron chi connectivity index (χ3n) is 6.90. The van der Waals surface area contributed by atoms with Crippen LogP contribution in [0.3, 0.4) is 0 Å². The van der Waals surface area contributed by atoms with Crippen molar-refractivity contribution in [3.05, 3.63) is 65.5 Å². The van der Waals surface area contributed by atoms with E-state index in [1.807, 2.05) is 44.2 Å². The number of hydrogen-bond acceptors (Lipinski definition) is 13. The Morgan fingerprint density at radius 2 is 1.53 bits per heavy atom. The van der Waals surface area contributed by atoms with E-state index in [0.717, 1.165) is 22.6 Å². The minimum absolute atomic E-state index is 0.00887. The van der Waals surface area contributed by atoms with Gasteiger partial charge >= 0.3 is 0 Å². The fourth-order valence-corrected chi connectivity index (χ4v) is 4.66.